The average Bonchev–Trinajstić information content (AvgIpc) is 3.17. The van der Waals surface area contributed by atoms with E-state index in [2.05, 4.69) is 34.2 Å². The van der Waals surface area contributed by atoms with Crippen molar-refractivity contribution < 1.29 is 9.13 Å². The fraction of sp³-hybridized carbons (Fsp3) is 0.478. The molecule has 0 amide bonds. The highest BCUT2D eigenvalue weighted by atomic mass is 32.1. The number of nitrogens with one attached hydrogen (secondary N) is 2. The monoisotopic (exact) mass is 443 g/mol. The molecule has 166 valence electrons. The van der Waals surface area contributed by atoms with Gasteiger partial charge in [-0.25, -0.2) is 9.37 Å². The van der Waals surface area contributed by atoms with Crippen molar-refractivity contribution in [1.29, 1.82) is 0 Å². The number of piperidine rings is 1. The molecule has 3 heterocycles. The maximum absolute atomic E-state index is 13.8. The van der Waals surface area contributed by atoms with Gasteiger partial charge in [-0.15, -0.1) is 0 Å². The first kappa shape index (κ1) is 21.8. The zero-order valence-corrected chi connectivity index (χ0v) is 19.2. The highest BCUT2D eigenvalue weighted by Crippen LogP contribution is 2.29. The van der Waals surface area contributed by atoms with Crippen LogP contribution in [0.15, 0.2) is 29.8 Å². The van der Waals surface area contributed by atoms with Gasteiger partial charge in [0.25, 0.3) is 0 Å². The molecule has 8 heteroatoms. The van der Waals surface area contributed by atoms with E-state index in [9.17, 15) is 4.39 Å². The van der Waals surface area contributed by atoms with Gasteiger partial charge in [-0.2, -0.15) is 0 Å². The van der Waals surface area contributed by atoms with E-state index in [0.29, 0.717) is 24.0 Å². The number of thiazole rings is 1. The normalized spacial score (nSPS) is 17.1. The molecule has 0 aliphatic carbocycles. The van der Waals surface area contributed by atoms with Crippen LogP contribution in [0.2, 0.25) is 0 Å². The lowest BCUT2D eigenvalue weighted by Gasteiger charge is -2.29. The molecule has 6 nitrogen and oxygen atoms in total. The first-order valence-electron chi connectivity index (χ1n) is 10.8. The Hall–Kier alpha value is -2.45. The van der Waals surface area contributed by atoms with Crippen LogP contribution >= 0.6 is 11.3 Å². The zero-order valence-electron chi connectivity index (χ0n) is 18.4. The molecule has 0 unspecified atom stereocenters. The minimum Gasteiger partial charge on any atom is -0.489 e. The van der Waals surface area contributed by atoms with Gasteiger partial charge in [0, 0.05) is 6.07 Å². The van der Waals surface area contributed by atoms with Gasteiger partial charge < -0.3 is 20.3 Å². The van der Waals surface area contributed by atoms with Gasteiger partial charge in [-0.3, -0.25) is 4.99 Å². The van der Waals surface area contributed by atoms with Crippen molar-refractivity contribution in [3.63, 3.8) is 0 Å². The molecule has 0 radical (unpaired) electrons. The Labute approximate surface area is 186 Å². The molecule has 2 N–H and O–H groups in total. The Kier molecular flexibility index (Phi) is 6.57. The van der Waals surface area contributed by atoms with Crippen LogP contribution in [0, 0.1) is 11.7 Å². The lowest BCUT2D eigenvalue weighted by molar-refractivity contribution is 0.222. The van der Waals surface area contributed by atoms with E-state index in [1.165, 1.54) is 25.0 Å². The van der Waals surface area contributed by atoms with Crippen LogP contribution in [-0.2, 0) is 0 Å². The molecule has 0 atom stereocenters. The number of allylic oxidation sites excluding steroid dienone is 1. The topological polar surface area (TPSA) is 61.8 Å². The van der Waals surface area contributed by atoms with Crippen LogP contribution < -0.4 is 25.4 Å². The van der Waals surface area contributed by atoms with Crippen molar-refractivity contribution in [2.45, 2.75) is 39.2 Å². The number of likely N-dealkylation sites (tertiary alicyclic amines) is 1. The Morgan fingerprint density at radius 1 is 1.39 bits per heavy atom. The van der Waals surface area contributed by atoms with Crippen LogP contribution in [0.3, 0.4) is 0 Å². The quantitative estimate of drug-likeness (QED) is 0.688. The molecule has 0 spiro atoms. The number of aromatic nitrogens is 1. The van der Waals surface area contributed by atoms with Gasteiger partial charge in [-0.05, 0) is 76.9 Å². The second-order valence-electron chi connectivity index (χ2n) is 8.53. The van der Waals surface area contributed by atoms with E-state index < -0.39 is 0 Å². The average molecular weight is 444 g/mol. The van der Waals surface area contributed by atoms with Crippen molar-refractivity contribution in [2.75, 3.05) is 32.1 Å². The Morgan fingerprint density at radius 2 is 2.16 bits per heavy atom. The first-order valence-corrected chi connectivity index (χ1v) is 11.6. The van der Waals surface area contributed by atoms with Crippen LogP contribution in [0.4, 0.5) is 10.1 Å². The summed E-state index contributed by atoms with van der Waals surface area (Å²) in [6.45, 7) is 10.9. The number of anilines is 1. The van der Waals surface area contributed by atoms with Crippen LogP contribution in [-0.4, -0.2) is 42.8 Å². The predicted molar refractivity (Wildman–Crippen MR) is 124 cm³/mol. The fourth-order valence-corrected chi connectivity index (χ4v) is 4.82. The summed E-state index contributed by atoms with van der Waals surface area (Å²) in [5.74, 6) is 1.55. The molecule has 4 rings (SSSR count). The molecule has 2 aliphatic rings. The number of rotatable bonds is 7. The number of hydrogen-bond acceptors (Lipinski definition) is 7. The Balaban J connectivity index is 1.58. The highest BCUT2D eigenvalue weighted by molar-refractivity contribution is 7.10. The molecule has 2 aromatic rings. The van der Waals surface area contributed by atoms with Gasteiger partial charge in [0.05, 0.1) is 11.8 Å². The summed E-state index contributed by atoms with van der Waals surface area (Å²) in [6, 6.07) is 4.49. The van der Waals surface area contributed by atoms with Gasteiger partial charge in [0.1, 0.15) is 39.1 Å². The van der Waals surface area contributed by atoms with E-state index in [1.54, 1.807) is 17.4 Å². The summed E-state index contributed by atoms with van der Waals surface area (Å²) >= 11 is 1.58. The second-order valence-corrected chi connectivity index (χ2v) is 9.50. The van der Waals surface area contributed by atoms with E-state index in [-0.39, 0.29) is 11.9 Å². The van der Waals surface area contributed by atoms with Gasteiger partial charge in [-0.1, -0.05) is 17.9 Å². The molecule has 0 bridgehead atoms. The predicted octanol–water partition coefficient (Wildman–Crippen LogP) is 3.17. The van der Waals surface area contributed by atoms with Gasteiger partial charge >= 0.3 is 0 Å². The largest absolute Gasteiger partial charge is 0.489 e. The fourth-order valence-electron chi connectivity index (χ4n) is 3.90. The summed E-state index contributed by atoms with van der Waals surface area (Å²) in [5.41, 5.74) is 1.76. The van der Waals surface area contributed by atoms with E-state index in [4.69, 9.17) is 9.72 Å². The number of benzene rings is 1. The third kappa shape index (κ3) is 5.25. The molecule has 2 aliphatic heterocycles. The summed E-state index contributed by atoms with van der Waals surface area (Å²) in [4.78, 5) is 11.8. The molecule has 1 fully saturated rings. The smallest absolute Gasteiger partial charge is 0.146 e. The van der Waals surface area contributed by atoms with Crippen molar-refractivity contribution >= 4 is 28.4 Å². The third-order valence-electron chi connectivity index (χ3n) is 5.57. The molecule has 0 saturated carbocycles. The lowest BCUT2D eigenvalue weighted by Crippen LogP contribution is -2.39. The molecular formula is C23H30FN5OS. The maximum Gasteiger partial charge on any atom is 0.146 e. The summed E-state index contributed by atoms with van der Waals surface area (Å²) in [7, 11) is 2.18. The van der Waals surface area contributed by atoms with Crippen LogP contribution in [0.1, 0.15) is 38.1 Å². The Bertz CT molecular complexity index is 1070. The molecule has 31 heavy (non-hydrogen) atoms. The summed E-state index contributed by atoms with van der Waals surface area (Å²) in [6.07, 6.45) is 3.32. The number of halogens is 1. The van der Waals surface area contributed by atoms with Crippen molar-refractivity contribution in [2.24, 2.45) is 10.9 Å². The first-order chi connectivity index (χ1) is 14.9. The molecule has 1 aromatic carbocycles. The number of fused-ring (bicyclic) bond motifs is 1. The second kappa shape index (κ2) is 9.36. The van der Waals surface area contributed by atoms with Crippen LogP contribution in [0.5, 0.6) is 5.75 Å². The lowest BCUT2D eigenvalue weighted by atomic mass is 9.91. The third-order valence-corrected chi connectivity index (χ3v) is 6.66. The van der Waals surface area contributed by atoms with E-state index in [0.717, 1.165) is 45.9 Å². The van der Waals surface area contributed by atoms with Gasteiger partial charge in [0.15, 0.2) is 0 Å². The number of ether oxygens (including phenoxy) is 1. The van der Waals surface area contributed by atoms with Gasteiger partial charge in [0.2, 0.25) is 0 Å². The number of nitrogens with zero attached hydrogens (tertiary/aromatic N) is 3. The zero-order chi connectivity index (χ0) is 22.0. The van der Waals surface area contributed by atoms with Crippen LogP contribution in [0.25, 0.3) is 11.4 Å². The summed E-state index contributed by atoms with van der Waals surface area (Å²) < 4.78 is 20.4. The Morgan fingerprint density at radius 3 is 2.90 bits per heavy atom. The van der Waals surface area contributed by atoms with Crippen molar-refractivity contribution in [1.82, 2.24) is 15.2 Å². The molecular weight excluding hydrogens is 413 g/mol. The maximum atomic E-state index is 13.8. The number of hydrogen-bond donors (Lipinski definition) is 2. The van der Waals surface area contributed by atoms with Crippen molar-refractivity contribution in [3.05, 3.63) is 45.6 Å². The van der Waals surface area contributed by atoms with E-state index in [1.807, 2.05) is 13.8 Å². The SMILES string of the molecule is C=C(CC1CCN(C)CC1)c1nc2c(s1)=NCNC=2Nc1ccc(F)cc1OC(C)C. The molecule has 1 aromatic heterocycles. The molecule has 1 saturated heterocycles. The minimum absolute atomic E-state index is 0.0639. The minimum atomic E-state index is -0.334. The van der Waals surface area contributed by atoms with Crippen molar-refractivity contribution in [3.8, 4) is 5.75 Å². The highest BCUT2D eigenvalue weighted by Gasteiger charge is 2.20. The summed E-state index contributed by atoms with van der Waals surface area (Å²) in [5, 5.41) is 8.31. The van der Waals surface area contributed by atoms with E-state index >= 15 is 0 Å². The standard InChI is InChI=1S/C23H30FN5OS/c1-14(2)30-19-12-17(24)5-6-18(19)27-21-20-23(26-13-25-21)31-22(28-20)15(3)11-16-7-9-29(4)10-8-16/h5-6,12,14,16,25,27H,3,7-11,13H2,1-2,4H3.